The van der Waals surface area contributed by atoms with Crippen LogP contribution in [-0.4, -0.2) is 25.0 Å². The topological polar surface area (TPSA) is 41.1 Å². The van der Waals surface area contributed by atoms with Crippen LogP contribution in [0.5, 0.6) is 0 Å². The molecule has 1 aromatic carbocycles. The van der Waals surface area contributed by atoms with Gasteiger partial charge in [-0.25, -0.2) is 0 Å². The zero-order valence-corrected chi connectivity index (χ0v) is 11.0. The van der Waals surface area contributed by atoms with E-state index in [0.29, 0.717) is 10.6 Å². The molecule has 1 amide bonds. The second kappa shape index (κ2) is 6.84. The average Bonchev–Trinajstić information content (AvgIpc) is 2.31. The summed E-state index contributed by atoms with van der Waals surface area (Å²) in [5, 5.41) is 6.78. The van der Waals surface area contributed by atoms with Gasteiger partial charge in [-0.05, 0) is 38.1 Å². The number of hydrogen-bond acceptors (Lipinski definition) is 2. The Morgan fingerprint density at radius 2 is 1.94 bits per heavy atom. The summed E-state index contributed by atoms with van der Waals surface area (Å²) in [5.41, 5.74) is 0.558. The highest BCUT2D eigenvalue weighted by Gasteiger charge is 2.17. The van der Waals surface area contributed by atoms with E-state index < -0.39 is 0 Å². The lowest BCUT2D eigenvalue weighted by Gasteiger charge is -2.23. The van der Waals surface area contributed by atoms with Crippen molar-refractivity contribution in [1.29, 1.82) is 0 Å². The first-order chi connectivity index (χ1) is 7.77. The second-order valence-electron chi connectivity index (χ2n) is 3.98. The van der Waals surface area contributed by atoms with E-state index in [0.717, 1.165) is 25.9 Å². The standard InChI is InChI=1S/C12H15ClN2O.ClH/c13-11-4-2-1-3-10(11)12(16)15-9-5-7-14-8-6-9;/h1-4,9,14H,5-8H2,(H,15,16);1H. The SMILES string of the molecule is Cl.O=C(NC1CCNCC1)c1ccccc1Cl. The number of amides is 1. The van der Waals surface area contributed by atoms with E-state index in [-0.39, 0.29) is 24.4 Å². The van der Waals surface area contributed by atoms with Crippen LogP contribution in [0.15, 0.2) is 24.3 Å². The van der Waals surface area contributed by atoms with Crippen molar-refractivity contribution in [3.8, 4) is 0 Å². The van der Waals surface area contributed by atoms with E-state index >= 15 is 0 Å². The van der Waals surface area contributed by atoms with Gasteiger partial charge in [-0.3, -0.25) is 4.79 Å². The summed E-state index contributed by atoms with van der Waals surface area (Å²) in [6.45, 7) is 1.93. The number of hydrogen-bond donors (Lipinski definition) is 2. The average molecular weight is 275 g/mol. The summed E-state index contributed by atoms with van der Waals surface area (Å²) in [4.78, 5) is 11.9. The maximum atomic E-state index is 11.9. The molecule has 0 unspecified atom stereocenters. The van der Waals surface area contributed by atoms with Crippen LogP contribution >= 0.6 is 24.0 Å². The smallest absolute Gasteiger partial charge is 0.253 e. The molecule has 5 heteroatoms. The maximum absolute atomic E-state index is 11.9. The molecule has 0 bridgehead atoms. The Kier molecular flexibility index (Phi) is 5.75. The van der Waals surface area contributed by atoms with Crippen molar-refractivity contribution >= 4 is 29.9 Å². The van der Waals surface area contributed by atoms with Crippen molar-refractivity contribution < 1.29 is 4.79 Å². The monoisotopic (exact) mass is 274 g/mol. The molecule has 0 saturated carbocycles. The van der Waals surface area contributed by atoms with Crippen molar-refractivity contribution in [2.75, 3.05) is 13.1 Å². The molecule has 1 heterocycles. The summed E-state index contributed by atoms with van der Waals surface area (Å²) >= 11 is 5.96. The summed E-state index contributed by atoms with van der Waals surface area (Å²) in [6.07, 6.45) is 1.96. The molecule has 0 aromatic heterocycles. The quantitative estimate of drug-likeness (QED) is 0.869. The second-order valence-corrected chi connectivity index (χ2v) is 4.38. The molecule has 1 aromatic rings. The third kappa shape index (κ3) is 3.87. The summed E-state index contributed by atoms with van der Waals surface area (Å²) in [7, 11) is 0. The highest BCUT2D eigenvalue weighted by molar-refractivity contribution is 6.33. The highest BCUT2D eigenvalue weighted by atomic mass is 35.5. The van der Waals surface area contributed by atoms with Crippen LogP contribution in [0, 0.1) is 0 Å². The van der Waals surface area contributed by atoms with Gasteiger partial charge in [-0.15, -0.1) is 12.4 Å². The van der Waals surface area contributed by atoms with Crippen molar-refractivity contribution in [1.82, 2.24) is 10.6 Å². The van der Waals surface area contributed by atoms with Gasteiger partial charge in [0.1, 0.15) is 0 Å². The Hall–Kier alpha value is -0.770. The molecule has 2 N–H and O–H groups in total. The largest absolute Gasteiger partial charge is 0.349 e. The van der Waals surface area contributed by atoms with Gasteiger partial charge in [0.2, 0.25) is 0 Å². The van der Waals surface area contributed by atoms with Crippen molar-refractivity contribution in [2.45, 2.75) is 18.9 Å². The Labute approximate surface area is 112 Å². The molecular weight excluding hydrogens is 259 g/mol. The van der Waals surface area contributed by atoms with Crippen LogP contribution in [0.2, 0.25) is 5.02 Å². The molecule has 2 rings (SSSR count). The van der Waals surface area contributed by atoms with Gasteiger partial charge < -0.3 is 10.6 Å². The minimum Gasteiger partial charge on any atom is -0.349 e. The number of nitrogens with one attached hydrogen (secondary N) is 2. The summed E-state index contributed by atoms with van der Waals surface area (Å²) < 4.78 is 0. The maximum Gasteiger partial charge on any atom is 0.253 e. The van der Waals surface area contributed by atoms with Gasteiger partial charge in [0.15, 0.2) is 0 Å². The Morgan fingerprint density at radius 3 is 2.59 bits per heavy atom. The fraction of sp³-hybridized carbons (Fsp3) is 0.417. The van der Waals surface area contributed by atoms with E-state index in [1.807, 2.05) is 12.1 Å². The summed E-state index contributed by atoms with van der Waals surface area (Å²) in [5.74, 6) is -0.0718. The summed E-state index contributed by atoms with van der Waals surface area (Å²) in [6, 6.07) is 7.40. The van der Waals surface area contributed by atoms with E-state index in [1.165, 1.54) is 0 Å². The number of halogens is 2. The molecule has 0 aliphatic carbocycles. The molecule has 17 heavy (non-hydrogen) atoms. The molecule has 1 aliphatic heterocycles. The van der Waals surface area contributed by atoms with Gasteiger partial charge in [-0.2, -0.15) is 0 Å². The fourth-order valence-electron chi connectivity index (χ4n) is 1.87. The Bertz CT molecular complexity index is 379. The highest BCUT2D eigenvalue weighted by Crippen LogP contribution is 2.15. The van der Waals surface area contributed by atoms with Gasteiger partial charge in [0.25, 0.3) is 5.91 Å². The minimum absolute atomic E-state index is 0. The first-order valence-corrected chi connectivity index (χ1v) is 5.91. The number of rotatable bonds is 2. The third-order valence-electron chi connectivity index (χ3n) is 2.79. The molecule has 1 saturated heterocycles. The van der Waals surface area contributed by atoms with Gasteiger partial charge in [0.05, 0.1) is 10.6 Å². The van der Waals surface area contributed by atoms with E-state index in [9.17, 15) is 4.79 Å². The normalized spacial score (nSPS) is 16.1. The van der Waals surface area contributed by atoms with Gasteiger partial charge in [0, 0.05) is 6.04 Å². The van der Waals surface area contributed by atoms with Crippen LogP contribution < -0.4 is 10.6 Å². The lowest BCUT2D eigenvalue weighted by molar-refractivity contribution is 0.0929. The number of carbonyl (C=O) groups is 1. The first-order valence-electron chi connectivity index (χ1n) is 5.53. The molecule has 0 atom stereocenters. The van der Waals surface area contributed by atoms with Gasteiger partial charge >= 0.3 is 0 Å². The van der Waals surface area contributed by atoms with Crippen LogP contribution in [0.25, 0.3) is 0 Å². The molecule has 0 radical (unpaired) electrons. The zero-order chi connectivity index (χ0) is 11.4. The molecule has 1 fully saturated rings. The lowest BCUT2D eigenvalue weighted by Crippen LogP contribution is -2.42. The van der Waals surface area contributed by atoms with Crippen LogP contribution in [-0.2, 0) is 0 Å². The van der Waals surface area contributed by atoms with E-state index in [1.54, 1.807) is 12.1 Å². The van der Waals surface area contributed by atoms with Gasteiger partial charge in [-0.1, -0.05) is 23.7 Å². The van der Waals surface area contributed by atoms with E-state index in [4.69, 9.17) is 11.6 Å². The molecule has 3 nitrogen and oxygen atoms in total. The van der Waals surface area contributed by atoms with E-state index in [2.05, 4.69) is 10.6 Å². The zero-order valence-electron chi connectivity index (χ0n) is 9.41. The Balaban J connectivity index is 0.00000144. The first kappa shape index (κ1) is 14.3. The minimum atomic E-state index is -0.0718. The number of carbonyl (C=O) groups excluding carboxylic acids is 1. The van der Waals surface area contributed by atoms with Crippen LogP contribution in [0.1, 0.15) is 23.2 Å². The third-order valence-corrected chi connectivity index (χ3v) is 3.12. The van der Waals surface area contributed by atoms with Crippen molar-refractivity contribution in [3.63, 3.8) is 0 Å². The fourth-order valence-corrected chi connectivity index (χ4v) is 2.10. The Morgan fingerprint density at radius 1 is 1.29 bits per heavy atom. The molecule has 0 spiro atoms. The predicted molar refractivity (Wildman–Crippen MR) is 72.1 cm³/mol. The molecular formula is C12H16Cl2N2O. The van der Waals surface area contributed by atoms with Crippen LogP contribution in [0.4, 0.5) is 0 Å². The predicted octanol–water partition coefficient (Wildman–Crippen LogP) is 2.24. The van der Waals surface area contributed by atoms with Crippen LogP contribution in [0.3, 0.4) is 0 Å². The molecule has 94 valence electrons. The van der Waals surface area contributed by atoms with Crippen molar-refractivity contribution in [2.24, 2.45) is 0 Å². The number of benzene rings is 1. The number of piperidine rings is 1. The van der Waals surface area contributed by atoms with Crippen molar-refractivity contribution in [3.05, 3.63) is 34.9 Å². The molecule has 1 aliphatic rings. The lowest BCUT2D eigenvalue weighted by atomic mass is 10.1.